The van der Waals surface area contributed by atoms with E-state index in [0.717, 1.165) is 33.6 Å². The maximum absolute atomic E-state index is 5.65. The molecule has 0 saturated heterocycles. The summed E-state index contributed by atoms with van der Waals surface area (Å²) in [6.45, 7) is 4.13. The fourth-order valence-corrected chi connectivity index (χ4v) is 3.03. The lowest BCUT2D eigenvalue weighted by atomic mass is 10.0. The first-order valence-electron chi connectivity index (χ1n) is 6.80. The molecular weight excluding hydrogens is 330 g/mol. The molecule has 2 aromatic carbocycles. The first kappa shape index (κ1) is 14.0. The van der Waals surface area contributed by atoms with Crippen LogP contribution in [0.3, 0.4) is 0 Å². The summed E-state index contributed by atoms with van der Waals surface area (Å²) in [5, 5.41) is 3.53. The van der Waals surface area contributed by atoms with Crippen LogP contribution in [0.4, 0.5) is 5.69 Å². The van der Waals surface area contributed by atoms with Gasteiger partial charge in [0.15, 0.2) is 11.5 Å². The lowest BCUT2D eigenvalue weighted by Gasteiger charge is -2.21. The van der Waals surface area contributed by atoms with Crippen LogP contribution in [-0.2, 0) is 0 Å². The van der Waals surface area contributed by atoms with Crippen LogP contribution < -0.4 is 14.8 Å². The number of hydrogen-bond donors (Lipinski definition) is 1. The average molecular weight is 346 g/mol. The molecule has 2 aromatic rings. The minimum absolute atomic E-state index is 0.0657. The van der Waals surface area contributed by atoms with Crippen molar-refractivity contribution in [1.82, 2.24) is 0 Å². The number of benzene rings is 2. The van der Waals surface area contributed by atoms with Crippen LogP contribution in [0.2, 0.25) is 0 Å². The van der Waals surface area contributed by atoms with Gasteiger partial charge in [0.05, 0.1) is 6.04 Å². The summed E-state index contributed by atoms with van der Waals surface area (Å²) < 4.78 is 12.1. The van der Waals surface area contributed by atoms with E-state index in [-0.39, 0.29) is 12.8 Å². The van der Waals surface area contributed by atoms with Crippen LogP contribution in [-0.4, -0.2) is 6.79 Å². The van der Waals surface area contributed by atoms with Crippen molar-refractivity contribution in [3.05, 3.63) is 65.2 Å². The molecule has 0 fully saturated rings. The van der Waals surface area contributed by atoms with Crippen LogP contribution in [0.1, 0.15) is 18.0 Å². The number of rotatable bonds is 5. The number of fused-ring (bicyclic) bond motifs is 1. The monoisotopic (exact) mass is 345 g/mol. The molecule has 0 amide bonds. The van der Waals surface area contributed by atoms with Gasteiger partial charge in [0, 0.05) is 15.7 Å². The number of halogens is 1. The summed E-state index contributed by atoms with van der Waals surface area (Å²) in [5.74, 6) is 1.59. The highest BCUT2D eigenvalue weighted by molar-refractivity contribution is 9.10. The zero-order chi connectivity index (χ0) is 14.7. The second kappa shape index (κ2) is 6.22. The van der Waals surface area contributed by atoms with Crippen LogP contribution in [0.25, 0.3) is 0 Å². The van der Waals surface area contributed by atoms with Gasteiger partial charge in [0.1, 0.15) is 0 Å². The Labute approximate surface area is 132 Å². The Kier molecular flexibility index (Phi) is 4.15. The highest BCUT2D eigenvalue weighted by atomic mass is 79.9. The van der Waals surface area contributed by atoms with Gasteiger partial charge in [-0.2, -0.15) is 0 Å². The lowest BCUT2D eigenvalue weighted by molar-refractivity contribution is 0.173. The third-order valence-electron chi connectivity index (χ3n) is 3.39. The maximum Gasteiger partial charge on any atom is 0.231 e. The van der Waals surface area contributed by atoms with E-state index >= 15 is 0 Å². The number of anilines is 1. The van der Waals surface area contributed by atoms with Gasteiger partial charge < -0.3 is 14.8 Å². The number of nitrogens with one attached hydrogen (secondary N) is 1. The molecule has 1 heterocycles. The van der Waals surface area contributed by atoms with Crippen molar-refractivity contribution in [1.29, 1.82) is 0 Å². The largest absolute Gasteiger partial charge is 0.454 e. The Bertz CT molecular complexity index is 643. The summed E-state index contributed by atoms with van der Waals surface area (Å²) in [5.41, 5.74) is 2.13. The van der Waals surface area contributed by atoms with Gasteiger partial charge in [0.25, 0.3) is 0 Å². The van der Waals surface area contributed by atoms with E-state index in [9.17, 15) is 0 Å². The van der Waals surface area contributed by atoms with Crippen LogP contribution >= 0.6 is 15.9 Å². The molecule has 108 valence electrons. The highest BCUT2D eigenvalue weighted by Crippen LogP contribution is 2.44. The summed E-state index contributed by atoms with van der Waals surface area (Å²) in [6, 6.07) is 14.1. The molecule has 0 bridgehead atoms. The minimum Gasteiger partial charge on any atom is -0.454 e. The van der Waals surface area contributed by atoms with E-state index in [1.165, 1.54) is 0 Å². The van der Waals surface area contributed by atoms with E-state index in [4.69, 9.17) is 9.47 Å². The van der Waals surface area contributed by atoms with Crippen molar-refractivity contribution in [2.24, 2.45) is 0 Å². The topological polar surface area (TPSA) is 30.5 Å². The van der Waals surface area contributed by atoms with Gasteiger partial charge in [-0.05, 0) is 30.7 Å². The van der Waals surface area contributed by atoms with Crippen LogP contribution in [0.15, 0.2) is 59.6 Å². The number of para-hydroxylation sites is 1. The van der Waals surface area contributed by atoms with Crippen molar-refractivity contribution in [3.8, 4) is 11.5 Å². The highest BCUT2D eigenvalue weighted by Gasteiger charge is 2.25. The minimum atomic E-state index is 0.0657. The molecule has 0 saturated carbocycles. The summed E-state index contributed by atoms with van der Waals surface area (Å²) in [6.07, 6.45) is 2.69. The SMILES string of the molecule is C=CCC(Nc1ccccc1)c1c(Br)ccc2c1OCO2. The van der Waals surface area contributed by atoms with Gasteiger partial charge in [0.2, 0.25) is 6.79 Å². The quantitative estimate of drug-likeness (QED) is 0.781. The maximum atomic E-state index is 5.65. The van der Waals surface area contributed by atoms with Crippen LogP contribution in [0.5, 0.6) is 11.5 Å². The Hall–Kier alpha value is -1.94. The number of ether oxygens (including phenoxy) is 2. The fraction of sp³-hybridized carbons (Fsp3) is 0.176. The van der Waals surface area contributed by atoms with E-state index in [1.54, 1.807) is 0 Å². The smallest absolute Gasteiger partial charge is 0.231 e. The molecule has 0 radical (unpaired) electrons. The third-order valence-corrected chi connectivity index (χ3v) is 4.08. The van der Waals surface area contributed by atoms with Crippen molar-refractivity contribution in [2.45, 2.75) is 12.5 Å². The first-order valence-corrected chi connectivity index (χ1v) is 7.59. The van der Waals surface area contributed by atoms with Gasteiger partial charge in [-0.15, -0.1) is 6.58 Å². The molecule has 3 rings (SSSR count). The van der Waals surface area contributed by atoms with E-state index in [0.29, 0.717) is 0 Å². The molecule has 3 nitrogen and oxygen atoms in total. The Balaban J connectivity index is 1.98. The predicted octanol–water partition coefficient (Wildman–Crippen LogP) is 4.91. The molecule has 0 spiro atoms. The average Bonchev–Trinajstić information content (AvgIpc) is 2.96. The molecule has 1 aliphatic rings. The van der Waals surface area contributed by atoms with Crippen molar-refractivity contribution in [2.75, 3.05) is 12.1 Å². The first-order chi connectivity index (χ1) is 10.3. The van der Waals surface area contributed by atoms with Gasteiger partial charge in [-0.3, -0.25) is 0 Å². The molecule has 1 atom stereocenters. The standard InChI is InChI=1S/C17H16BrNO2/c1-2-6-14(19-12-7-4-3-5-8-12)16-13(18)9-10-15-17(16)21-11-20-15/h2-5,7-10,14,19H,1,6,11H2. The Morgan fingerprint density at radius 2 is 2.00 bits per heavy atom. The molecule has 1 N–H and O–H groups in total. The fourth-order valence-electron chi connectivity index (χ4n) is 2.45. The molecule has 0 aliphatic carbocycles. The van der Waals surface area contributed by atoms with E-state index in [2.05, 4.69) is 27.8 Å². The Morgan fingerprint density at radius 1 is 1.19 bits per heavy atom. The van der Waals surface area contributed by atoms with Crippen LogP contribution in [0, 0.1) is 0 Å². The van der Waals surface area contributed by atoms with Crippen molar-refractivity contribution in [3.63, 3.8) is 0 Å². The zero-order valence-electron chi connectivity index (χ0n) is 11.5. The van der Waals surface area contributed by atoms with E-state index < -0.39 is 0 Å². The van der Waals surface area contributed by atoms with Gasteiger partial charge in [-0.25, -0.2) is 0 Å². The zero-order valence-corrected chi connectivity index (χ0v) is 13.1. The van der Waals surface area contributed by atoms with E-state index in [1.807, 2.05) is 48.5 Å². The predicted molar refractivity (Wildman–Crippen MR) is 87.9 cm³/mol. The lowest BCUT2D eigenvalue weighted by Crippen LogP contribution is -2.11. The normalized spacial score (nSPS) is 13.8. The van der Waals surface area contributed by atoms with Crippen molar-refractivity contribution >= 4 is 21.6 Å². The molecular formula is C17H16BrNO2. The molecule has 1 aliphatic heterocycles. The van der Waals surface area contributed by atoms with Gasteiger partial charge in [-0.1, -0.05) is 40.2 Å². The second-order valence-corrected chi connectivity index (χ2v) is 5.64. The number of hydrogen-bond acceptors (Lipinski definition) is 3. The molecule has 1 unspecified atom stereocenters. The third kappa shape index (κ3) is 2.90. The second-order valence-electron chi connectivity index (χ2n) is 4.78. The summed E-state index contributed by atoms with van der Waals surface area (Å²) in [7, 11) is 0. The molecule has 4 heteroatoms. The van der Waals surface area contributed by atoms with Crippen molar-refractivity contribution < 1.29 is 9.47 Å². The summed E-state index contributed by atoms with van der Waals surface area (Å²) >= 11 is 3.62. The summed E-state index contributed by atoms with van der Waals surface area (Å²) in [4.78, 5) is 0. The molecule has 0 aromatic heterocycles. The Morgan fingerprint density at radius 3 is 2.76 bits per heavy atom. The van der Waals surface area contributed by atoms with Gasteiger partial charge >= 0.3 is 0 Å². The molecule has 21 heavy (non-hydrogen) atoms.